The SMILES string of the molecule is Cc1ccc(Cl)cc1N1CCC(CNC(=O)CCn2c(C)csc2=O)C1. The molecule has 1 N–H and O–H groups in total. The van der Waals surface area contributed by atoms with Gasteiger partial charge in [-0.25, -0.2) is 0 Å². The third-order valence-electron chi connectivity index (χ3n) is 4.92. The van der Waals surface area contributed by atoms with E-state index < -0.39 is 0 Å². The van der Waals surface area contributed by atoms with Crippen LogP contribution in [0.15, 0.2) is 28.4 Å². The van der Waals surface area contributed by atoms with E-state index in [1.807, 2.05) is 30.5 Å². The molecule has 0 radical (unpaired) electrons. The molecule has 1 saturated heterocycles. The molecule has 1 aromatic heterocycles. The Morgan fingerprint density at radius 1 is 1.38 bits per heavy atom. The van der Waals surface area contributed by atoms with Crippen molar-refractivity contribution in [2.24, 2.45) is 5.92 Å². The Balaban J connectivity index is 1.46. The molecule has 1 aliphatic rings. The van der Waals surface area contributed by atoms with Gasteiger partial charge in [0.2, 0.25) is 5.91 Å². The van der Waals surface area contributed by atoms with Crippen LogP contribution in [0.3, 0.4) is 0 Å². The van der Waals surface area contributed by atoms with Crippen molar-refractivity contribution in [1.82, 2.24) is 9.88 Å². The van der Waals surface area contributed by atoms with Gasteiger partial charge in [-0.05, 0) is 43.9 Å². The van der Waals surface area contributed by atoms with Gasteiger partial charge in [0, 0.05) is 54.4 Å². The zero-order valence-electron chi connectivity index (χ0n) is 15.1. The number of amides is 1. The van der Waals surface area contributed by atoms with Gasteiger partial charge in [-0.2, -0.15) is 0 Å². The van der Waals surface area contributed by atoms with Crippen molar-refractivity contribution in [2.75, 3.05) is 24.5 Å². The van der Waals surface area contributed by atoms with Gasteiger partial charge in [0.1, 0.15) is 0 Å². The number of aromatic nitrogens is 1. The lowest BCUT2D eigenvalue weighted by Crippen LogP contribution is -2.32. The van der Waals surface area contributed by atoms with Crippen LogP contribution in [0.25, 0.3) is 0 Å². The van der Waals surface area contributed by atoms with E-state index >= 15 is 0 Å². The summed E-state index contributed by atoms with van der Waals surface area (Å²) in [5.74, 6) is 0.433. The summed E-state index contributed by atoms with van der Waals surface area (Å²) >= 11 is 7.30. The maximum Gasteiger partial charge on any atom is 0.307 e. The lowest BCUT2D eigenvalue weighted by Gasteiger charge is -2.21. The topological polar surface area (TPSA) is 54.3 Å². The molecule has 26 heavy (non-hydrogen) atoms. The van der Waals surface area contributed by atoms with E-state index in [9.17, 15) is 9.59 Å². The third kappa shape index (κ3) is 4.48. The smallest absolute Gasteiger partial charge is 0.307 e. The number of carbonyl (C=O) groups is 1. The molecule has 0 saturated carbocycles. The largest absolute Gasteiger partial charge is 0.371 e. The van der Waals surface area contributed by atoms with Crippen LogP contribution in [0.2, 0.25) is 5.02 Å². The zero-order chi connectivity index (χ0) is 18.7. The number of thiazole rings is 1. The number of nitrogens with one attached hydrogen (secondary N) is 1. The number of hydrogen-bond donors (Lipinski definition) is 1. The molecular formula is C19H24ClN3O2S. The maximum atomic E-state index is 12.1. The predicted octanol–water partition coefficient (Wildman–Crippen LogP) is 3.21. The van der Waals surface area contributed by atoms with Crippen LogP contribution < -0.4 is 15.1 Å². The minimum absolute atomic E-state index is 0.000105. The number of aryl methyl sites for hydroxylation is 2. The van der Waals surface area contributed by atoms with Crippen molar-refractivity contribution in [2.45, 2.75) is 33.2 Å². The number of benzene rings is 1. The zero-order valence-corrected chi connectivity index (χ0v) is 16.7. The molecule has 7 heteroatoms. The van der Waals surface area contributed by atoms with Crippen molar-refractivity contribution in [1.29, 1.82) is 0 Å². The van der Waals surface area contributed by atoms with Crippen molar-refractivity contribution in [3.63, 3.8) is 0 Å². The average Bonchev–Trinajstić information content (AvgIpc) is 3.20. The predicted molar refractivity (Wildman–Crippen MR) is 107 cm³/mol. The molecule has 5 nitrogen and oxygen atoms in total. The van der Waals surface area contributed by atoms with Gasteiger partial charge in [0.05, 0.1) is 0 Å². The normalized spacial score (nSPS) is 16.9. The molecule has 0 bridgehead atoms. The van der Waals surface area contributed by atoms with Crippen molar-refractivity contribution in [3.8, 4) is 0 Å². The highest BCUT2D eigenvalue weighted by molar-refractivity contribution is 7.07. The summed E-state index contributed by atoms with van der Waals surface area (Å²) in [6, 6.07) is 5.97. The molecule has 1 amide bonds. The second-order valence-corrected chi connectivity index (χ2v) is 8.14. The second-order valence-electron chi connectivity index (χ2n) is 6.88. The molecule has 1 atom stereocenters. The molecule has 2 heterocycles. The van der Waals surface area contributed by atoms with Crippen LogP contribution in [-0.4, -0.2) is 30.1 Å². The van der Waals surface area contributed by atoms with E-state index in [0.717, 1.165) is 30.2 Å². The molecule has 2 aromatic rings. The molecule has 140 valence electrons. The van der Waals surface area contributed by atoms with Gasteiger partial charge in [-0.15, -0.1) is 0 Å². The molecule has 1 aliphatic heterocycles. The Hall–Kier alpha value is -1.79. The van der Waals surface area contributed by atoms with Gasteiger partial charge in [0.15, 0.2) is 0 Å². The quantitative estimate of drug-likeness (QED) is 0.819. The fourth-order valence-electron chi connectivity index (χ4n) is 3.38. The summed E-state index contributed by atoms with van der Waals surface area (Å²) < 4.78 is 1.66. The van der Waals surface area contributed by atoms with E-state index in [2.05, 4.69) is 17.1 Å². The minimum atomic E-state index is -0.00127. The van der Waals surface area contributed by atoms with Gasteiger partial charge in [0.25, 0.3) is 0 Å². The summed E-state index contributed by atoms with van der Waals surface area (Å²) in [5.41, 5.74) is 3.31. The molecule has 3 rings (SSSR count). The van der Waals surface area contributed by atoms with Gasteiger partial charge in [-0.3, -0.25) is 9.59 Å². The van der Waals surface area contributed by atoms with Crippen LogP contribution in [-0.2, 0) is 11.3 Å². The first-order chi connectivity index (χ1) is 12.4. The summed E-state index contributed by atoms with van der Waals surface area (Å²) in [6.07, 6.45) is 1.39. The highest BCUT2D eigenvalue weighted by Gasteiger charge is 2.24. The van der Waals surface area contributed by atoms with Crippen LogP contribution in [0.5, 0.6) is 0 Å². The van der Waals surface area contributed by atoms with E-state index in [0.29, 0.717) is 25.4 Å². The fourth-order valence-corrected chi connectivity index (χ4v) is 4.30. The van der Waals surface area contributed by atoms with Crippen molar-refractivity contribution < 1.29 is 4.79 Å². The molecular weight excluding hydrogens is 370 g/mol. The Morgan fingerprint density at radius 2 is 2.19 bits per heavy atom. The summed E-state index contributed by atoms with van der Waals surface area (Å²) in [7, 11) is 0. The molecule has 1 unspecified atom stereocenters. The van der Waals surface area contributed by atoms with E-state index in [1.54, 1.807) is 4.57 Å². The van der Waals surface area contributed by atoms with E-state index in [-0.39, 0.29) is 10.8 Å². The summed E-state index contributed by atoms with van der Waals surface area (Å²) in [5, 5.41) is 5.60. The molecule has 1 aromatic carbocycles. The fraction of sp³-hybridized carbons (Fsp3) is 0.474. The number of halogens is 1. The summed E-state index contributed by atoms with van der Waals surface area (Å²) in [6.45, 7) is 7.00. The first-order valence-corrected chi connectivity index (χ1v) is 10.1. The standard InChI is InChI=1S/C19H24ClN3O2S/c1-13-3-4-16(20)9-17(13)22-7-5-15(11-22)10-21-18(24)6-8-23-14(2)12-26-19(23)25/h3-4,9,12,15H,5-8,10-11H2,1-2H3,(H,21,24). The Labute approximate surface area is 162 Å². The van der Waals surface area contributed by atoms with Crippen LogP contribution in [0.1, 0.15) is 24.1 Å². The van der Waals surface area contributed by atoms with E-state index in [4.69, 9.17) is 11.6 Å². The second kappa shape index (κ2) is 8.27. The molecule has 0 spiro atoms. The van der Waals surface area contributed by atoms with Crippen LogP contribution >= 0.6 is 22.9 Å². The monoisotopic (exact) mass is 393 g/mol. The van der Waals surface area contributed by atoms with Crippen LogP contribution in [0.4, 0.5) is 5.69 Å². The molecule has 1 fully saturated rings. The Kier molecular flexibility index (Phi) is 6.04. The lowest BCUT2D eigenvalue weighted by atomic mass is 10.1. The van der Waals surface area contributed by atoms with Crippen LogP contribution in [0, 0.1) is 19.8 Å². The van der Waals surface area contributed by atoms with Crippen molar-refractivity contribution >= 4 is 34.5 Å². The number of hydrogen-bond acceptors (Lipinski definition) is 4. The first-order valence-electron chi connectivity index (χ1n) is 8.87. The molecule has 0 aliphatic carbocycles. The first kappa shape index (κ1) is 19.0. The lowest BCUT2D eigenvalue weighted by molar-refractivity contribution is -0.121. The highest BCUT2D eigenvalue weighted by Crippen LogP contribution is 2.29. The van der Waals surface area contributed by atoms with Crippen molar-refractivity contribution in [3.05, 3.63) is 49.5 Å². The van der Waals surface area contributed by atoms with Gasteiger partial charge >= 0.3 is 4.87 Å². The number of anilines is 1. The Bertz CT molecular complexity index is 846. The maximum absolute atomic E-state index is 12.1. The minimum Gasteiger partial charge on any atom is -0.371 e. The van der Waals surface area contributed by atoms with E-state index in [1.165, 1.54) is 22.6 Å². The Morgan fingerprint density at radius 3 is 2.92 bits per heavy atom. The highest BCUT2D eigenvalue weighted by atomic mass is 35.5. The third-order valence-corrected chi connectivity index (χ3v) is 6.04. The summed E-state index contributed by atoms with van der Waals surface area (Å²) in [4.78, 5) is 26.1. The average molecular weight is 394 g/mol. The van der Waals surface area contributed by atoms with Gasteiger partial charge < -0.3 is 14.8 Å². The number of rotatable bonds is 6. The van der Waals surface area contributed by atoms with Gasteiger partial charge in [-0.1, -0.05) is 29.0 Å². The number of nitrogens with zero attached hydrogens (tertiary/aromatic N) is 2. The number of carbonyl (C=O) groups excluding carboxylic acids is 1.